The summed E-state index contributed by atoms with van der Waals surface area (Å²) in [6.45, 7) is 3.46. The molecule has 1 saturated heterocycles. The van der Waals surface area contributed by atoms with Gasteiger partial charge in [0.05, 0.1) is 6.33 Å². The highest BCUT2D eigenvalue weighted by atomic mass is 19.1. The van der Waals surface area contributed by atoms with E-state index in [1.807, 2.05) is 0 Å². The number of rotatable bonds is 8. The van der Waals surface area contributed by atoms with Gasteiger partial charge in [-0.3, -0.25) is 24.3 Å². The van der Waals surface area contributed by atoms with Crippen LogP contribution in [0.4, 0.5) is 16.2 Å². The molecule has 4 rings (SSSR count). The zero-order valence-electron chi connectivity index (χ0n) is 21.5. The van der Waals surface area contributed by atoms with Gasteiger partial charge < -0.3 is 19.5 Å². The van der Waals surface area contributed by atoms with E-state index in [9.17, 15) is 14.4 Å². The molecule has 3 heterocycles. The second kappa shape index (κ2) is 11.0. The minimum Gasteiger partial charge on any atom is -0.463 e. The van der Waals surface area contributed by atoms with E-state index in [1.165, 1.54) is 38.1 Å². The summed E-state index contributed by atoms with van der Waals surface area (Å²) in [5, 5.41) is 5.38. The Labute approximate surface area is 213 Å². The Balaban J connectivity index is 1.59. The number of amides is 1. The van der Waals surface area contributed by atoms with Crippen LogP contribution in [-0.2, 0) is 28.6 Å². The van der Waals surface area contributed by atoms with Crippen molar-refractivity contribution in [2.45, 2.75) is 83.4 Å². The van der Waals surface area contributed by atoms with Crippen molar-refractivity contribution in [2.24, 2.45) is 5.92 Å². The van der Waals surface area contributed by atoms with Crippen molar-refractivity contribution in [2.75, 3.05) is 24.3 Å². The van der Waals surface area contributed by atoms with Gasteiger partial charge in [0.15, 0.2) is 35.0 Å². The highest BCUT2D eigenvalue weighted by Crippen LogP contribution is 2.44. The summed E-state index contributed by atoms with van der Waals surface area (Å²) in [5.74, 6) is -0.874. The number of fused-ring (bicyclic) bond motifs is 1. The minimum absolute atomic E-state index is 0.00520. The van der Waals surface area contributed by atoms with E-state index in [0.29, 0.717) is 17.8 Å². The summed E-state index contributed by atoms with van der Waals surface area (Å²) < 4.78 is 34.4. The van der Waals surface area contributed by atoms with Crippen molar-refractivity contribution in [1.82, 2.24) is 19.5 Å². The number of aromatic nitrogens is 4. The molecule has 13 heteroatoms. The third-order valence-corrected chi connectivity index (χ3v) is 6.76. The molecule has 2 fully saturated rings. The third-order valence-electron chi connectivity index (χ3n) is 6.76. The lowest BCUT2D eigenvalue weighted by atomic mass is 9.87. The second-order valence-electron chi connectivity index (χ2n) is 9.75. The molecule has 1 amide bonds. The van der Waals surface area contributed by atoms with Gasteiger partial charge in [-0.2, -0.15) is 9.97 Å². The zero-order chi connectivity index (χ0) is 26.7. The van der Waals surface area contributed by atoms with Gasteiger partial charge in [-0.05, 0) is 25.7 Å². The van der Waals surface area contributed by atoms with Crippen LogP contribution in [0.2, 0.25) is 0 Å². The second-order valence-corrected chi connectivity index (χ2v) is 9.75. The van der Waals surface area contributed by atoms with Gasteiger partial charge in [-0.1, -0.05) is 19.3 Å². The molecular formula is C24H33FN6O6. The van der Waals surface area contributed by atoms with Crippen LogP contribution in [0.15, 0.2) is 6.33 Å². The summed E-state index contributed by atoms with van der Waals surface area (Å²) in [4.78, 5) is 48.7. The number of nitrogens with zero attached hydrogens (tertiary/aromatic N) is 4. The minimum atomic E-state index is -2.24. The molecule has 1 unspecified atom stereocenters. The molecule has 2 aromatic rings. The first-order valence-electron chi connectivity index (χ1n) is 12.5. The van der Waals surface area contributed by atoms with Gasteiger partial charge in [0.2, 0.25) is 11.9 Å². The van der Waals surface area contributed by atoms with Gasteiger partial charge in [0.25, 0.3) is 0 Å². The average Bonchev–Trinajstić information content (AvgIpc) is 3.35. The Morgan fingerprint density at radius 1 is 1.22 bits per heavy atom. The lowest BCUT2D eigenvalue weighted by molar-refractivity contribution is -0.159. The Kier molecular flexibility index (Phi) is 7.90. The number of nitrogens with one attached hydrogen (secondary N) is 2. The van der Waals surface area contributed by atoms with Crippen molar-refractivity contribution in [3.05, 3.63) is 6.33 Å². The predicted octanol–water partition coefficient (Wildman–Crippen LogP) is 2.90. The molecule has 4 atom stereocenters. The molecule has 0 spiro atoms. The standard InChI is InChI=1S/C24H33FN6O6/c1-13(32)28-23-29-20(26-4)18-21(30-23)31(12-27-18)22-24(3,25)19(36-14(2)33)16(37-22)11-35-17(34)10-15-8-6-5-7-9-15/h12,15-16,19,22H,5-11H2,1-4H3,(H2,26,28,29,30,32)/t16-,19-,22?,24-/m1/s1. The number of esters is 2. The summed E-state index contributed by atoms with van der Waals surface area (Å²) in [5.41, 5.74) is -1.73. The van der Waals surface area contributed by atoms with Crippen LogP contribution in [0.3, 0.4) is 0 Å². The highest BCUT2D eigenvalue weighted by molar-refractivity contribution is 5.90. The van der Waals surface area contributed by atoms with Crippen LogP contribution < -0.4 is 10.6 Å². The molecule has 2 aliphatic rings. The molecule has 12 nitrogen and oxygen atoms in total. The summed E-state index contributed by atoms with van der Waals surface area (Å²) >= 11 is 0. The first kappa shape index (κ1) is 26.7. The Hall–Kier alpha value is -3.35. The van der Waals surface area contributed by atoms with Crippen LogP contribution in [-0.4, -0.2) is 68.9 Å². The molecule has 0 bridgehead atoms. The SMILES string of the molecule is CNc1nc(NC(C)=O)nc2c1ncn2C1O[C@H](COC(=O)CC2CCCCC2)[C@@H](OC(C)=O)[C@@]1(C)F. The van der Waals surface area contributed by atoms with E-state index >= 15 is 4.39 Å². The van der Waals surface area contributed by atoms with E-state index in [4.69, 9.17) is 14.2 Å². The summed E-state index contributed by atoms with van der Waals surface area (Å²) in [6.07, 6.45) is 3.24. The number of anilines is 2. The Morgan fingerprint density at radius 2 is 1.95 bits per heavy atom. The number of carbonyl (C=O) groups is 3. The van der Waals surface area contributed by atoms with Crippen LogP contribution in [0.5, 0.6) is 0 Å². The Bertz CT molecular complexity index is 1160. The molecule has 0 aromatic carbocycles. The zero-order valence-corrected chi connectivity index (χ0v) is 21.5. The summed E-state index contributed by atoms with van der Waals surface area (Å²) in [6, 6.07) is 0. The maximum Gasteiger partial charge on any atom is 0.306 e. The third kappa shape index (κ3) is 5.81. The van der Waals surface area contributed by atoms with Crippen LogP contribution in [0, 0.1) is 5.92 Å². The van der Waals surface area contributed by atoms with Crippen molar-refractivity contribution < 1.29 is 33.0 Å². The van der Waals surface area contributed by atoms with E-state index in [-0.39, 0.29) is 36.0 Å². The molecule has 202 valence electrons. The molecule has 1 aliphatic carbocycles. The van der Waals surface area contributed by atoms with Gasteiger partial charge in [-0.15, -0.1) is 0 Å². The predicted molar refractivity (Wildman–Crippen MR) is 130 cm³/mol. The number of hydrogen-bond donors (Lipinski definition) is 2. The molecule has 1 saturated carbocycles. The first-order valence-corrected chi connectivity index (χ1v) is 12.5. The lowest BCUT2D eigenvalue weighted by Crippen LogP contribution is -2.44. The Morgan fingerprint density at radius 3 is 2.59 bits per heavy atom. The lowest BCUT2D eigenvalue weighted by Gasteiger charge is -2.27. The maximum atomic E-state index is 16.3. The molecule has 1 aliphatic heterocycles. The van der Waals surface area contributed by atoms with Crippen LogP contribution in [0.25, 0.3) is 11.2 Å². The van der Waals surface area contributed by atoms with E-state index in [1.54, 1.807) is 7.05 Å². The number of alkyl halides is 1. The highest BCUT2D eigenvalue weighted by Gasteiger charge is 2.58. The fourth-order valence-corrected chi connectivity index (χ4v) is 5.04. The fourth-order valence-electron chi connectivity index (χ4n) is 5.04. The van der Waals surface area contributed by atoms with E-state index in [2.05, 4.69) is 25.6 Å². The number of ether oxygens (including phenoxy) is 3. The largest absolute Gasteiger partial charge is 0.463 e. The van der Waals surface area contributed by atoms with Crippen molar-refractivity contribution in [3.63, 3.8) is 0 Å². The maximum absolute atomic E-state index is 16.3. The first-order chi connectivity index (χ1) is 17.6. The normalized spacial score (nSPS) is 26.1. The topological polar surface area (TPSA) is 147 Å². The van der Waals surface area contributed by atoms with Crippen molar-refractivity contribution in [3.8, 4) is 0 Å². The smallest absolute Gasteiger partial charge is 0.306 e. The van der Waals surface area contributed by atoms with Crippen LogP contribution in [0.1, 0.15) is 65.5 Å². The monoisotopic (exact) mass is 520 g/mol. The van der Waals surface area contributed by atoms with Gasteiger partial charge >= 0.3 is 11.9 Å². The quantitative estimate of drug-likeness (QED) is 0.498. The van der Waals surface area contributed by atoms with Crippen molar-refractivity contribution >= 4 is 40.8 Å². The van der Waals surface area contributed by atoms with Crippen LogP contribution >= 0.6 is 0 Å². The molecule has 2 aromatic heterocycles. The number of carbonyl (C=O) groups excluding carboxylic acids is 3. The molecule has 0 radical (unpaired) electrons. The fraction of sp³-hybridized carbons (Fsp3) is 0.667. The summed E-state index contributed by atoms with van der Waals surface area (Å²) in [7, 11) is 1.62. The number of hydrogen-bond acceptors (Lipinski definition) is 10. The van der Waals surface area contributed by atoms with Crippen molar-refractivity contribution in [1.29, 1.82) is 0 Å². The molecule has 37 heavy (non-hydrogen) atoms. The number of imidazole rings is 1. The van der Waals surface area contributed by atoms with Gasteiger partial charge in [0.1, 0.15) is 12.7 Å². The van der Waals surface area contributed by atoms with Gasteiger partial charge in [0, 0.05) is 27.3 Å². The van der Waals surface area contributed by atoms with E-state index < -0.39 is 30.1 Å². The number of halogens is 1. The van der Waals surface area contributed by atoms with E-state index in [0.717, 1.165) is 25.7 Å². The molecular weight excluding hydrogens is 487 g/mol. The molecule has 2 N–H and O–H groups in total. The average molecular weight is 521 g/mol. The van der Waals surface area contributed by atoms with Gasteiger partial charge in [-0.25, -0.2) is 9.37 Å².